The third-order valence-electron chi connectivity index (χ3n) is 8.57. The molecule has 2 amide bonds. The van der Waals surface area contributed by atoms with Gasteiger partial charge in [0.25, 0.3) is 11.8 Å². The van der Waals surface area contributed by atoms with E-state index < -0.39 is 81.6 Å². The number of aliphatic hydroxyl groups excluding tert-OH is 1. The number of esters is 3. The number of benzene rings is 3. The van der Waals surface area contributed by atoms with E-state index in [1.54, 1.807) is 0 Å². The molecule has 1 saturated heterocycles. The quantitative estimate of drug-likeness (QED) is 0.0781. The van der Waals surface area contributed by atoms with Crippen molar-refractivity contribution in [3.05, 3.63) is 105 Å². The topological polar surface area (TPSA) is 158 Å². The number of anilines is 1. The number of nitrogens with zero attached hydrogens (tertiary/aromatic N) is 1. The van der Waals surface area contributed by atoms with E-state index in [9.17, 15) is 42.3 Å². The third kappa shape index (κ3) is 8.26. The molecule has 2 heterocycles. The Labute approximate surface area is 319 Å². The third-order valence-corrected chi connectivity index (χ3v) is 9.58. The highest BCUT2D eigenvalue weighted by Gasteiger charge is 2.61. The van der Waals surface area contributed by atoms with Crippen molar-refractivity contribution >= 4 is 46.7 Å². The molecule has 0 bridgehead atoms. The summed E-state index contributed by atoms with van der Waals surface area (Å²) in [6.45, 7) is 2.11. The van der Waals surface area contributed by atoms with E-state index in [1.807, 2.05) is 0 Å². The summed E-state index contributed by atoms with van der Waals surface area (Å²) in [6.07, 6.45) is -7.43. The molecule has 0 aliphatic carbocycles. The number of alkyl halides is 3. The first-order valence-corrected chi connectivity index (χ1v) is 17.8. The standard InChI is InChI=1S/C38H33F5N2O10S/c1-3-53-35(50)37(36(51)54-4-2,27-10-7-19-56-27)31(46)34(49)55-30-25(39)20-26(28(29(30)40)33(48)45-15-17-52-18-16-45)44-32(47)24-9-6-5-8-23(24)21-11-13-22(14-12-21)38(41,42)43/h5-14,19-20,31,46H,3-4,15-18H2,1-2H3,(H,44,47). The molecule has 18 heteroatoms. The van der Waals surface area contributed by atoms with E-state index in [0.29, 0.717) is 6.07 Å². The lowest BCUT2D eigenvalue weighted by Gasteiger charge is -2.31. The van der Waals surface area contributed by atoms with Crippen molar-refractivity contribution in [2.24, 2.45) is 0 Å². The van der Waals surface area contributed by atoms with E-state index in [1.165, 1.54) is 55.6 Å². The number of nitrogens with one attached hydrogen (secondary N) is 1. The highest BCUT2D eigenvalue weighted by atomic mass is 32.1. The smallest absolute Gasteiger partial charge is 0.416 e. The predicted octanol–water partition coefficient (Wildman–Crippen LogP) is 5.77. The maximum atomic E-state index is 16.6. The van der Waals surface area contributed by atoms with Crippen LogP contribution in [0.2, 0.25) is 0 Å². The minimum Gasteiger partial charge on any atom is -0.465 e. The zero-order valence-electron chi connectivity index (χ0n) is 29.6. The van der Waals surface area contributed by atoms with Gasteiger partial charge in [0.05, 0.1) is 37.7 Å². The van der Waals surface area contributed by atoms with Crippen molar-refractivity contribution in [2.45, 2.75) is 31.5 Å². The first-order valence-electron chi connectivity index (χ1n) is 16.9. The molecule has 3 aromatic carbocycles. The van der Waals surface area contributed by atoms with Crippen molar-refractivity contribution in [2.75, 3.05) is 44.8 Å². The van der Waals surface area contributed by atoms with Crippen molar-refractivity contribution in [1.82, 2.24) is 4.90 Å². The number of ether oxygens (including phenoxy) is 4. The molecule has 2 N–H and O–H groups in total. The second-order valence-corrected chi connectivity index (χ2v) is 12.9. The van der Waals surface area contributed by atoms with Crippen molar-refractivity contribution in [3.8, 4) is 16.9 Å². The Morgan fingerprint density at radius 1 is 0.911 bits per heavy atom. The monoisotopic (exact) mass is 804 g/mol. The Morgan fingerprint density at radius 2 is 1.54 bits per heavy atom. The largest absolute Gasteiger partial charge is 0.465 e. The Balaban J connectivity index is 1.56. The summed E-state index contributed by atoms with van der Waals surface area (Å²) in [4.78, 5) is 68.8. The number of hydrogen-bond acceptors (Lipinski definition) is 11. The lowest BCUT2D eigenvalue weighted by Crippen LogP contribution is -2.58. The van der Waals surface area contributed by atoms with E-state index in [4.69, 9.17) is 18.9 Å². The van der Waals surface area contributed by atoms with E-state index in [-0.39, 0.29) is 61.1 Å². The number of amides is 2. The van der Waals surface area contributed by atoms with Gasteiger partial charge in [-0.15, -0.1) is 11.3 Å². The Kier molecular flexibility index (Phi) is 12.9. The number of rotatable bonds is 12. The molecule has 0 saturated carbocycles. The van der Waals surface area contributed by atoms with Crippen LogP contribution in [0.3, 0.4) is 0 Å². The molecule has 1 aromatic heterocycles. The second-order valence-electron chi connectivity index (χ2n) is 12.0. The van der Waals surface area contributed by atoms with Crippen LogP contribution in [0.15, 0.2) is 72.1 Å². The fourth-order valence-electron chi connectivity index (χ4n) is 5.86. The summed E-state index contributed by atoms with van der Waals surface area (Å²) in [5.41, 5.74) is -5.37. The van der Waals surface area contributed by atoms with Crippen LogP contribution in [-0.4, -0.2) is 85.3 Å². The summed E-state index contributed by atoms with van der Waals surface area (Å²) in [5, 5.41) is 15.1. The van der Waals surface area contributed by atoms with E-state index in [0.717, 1.165) is 40.5 Å². The lowest BCUT2D eigenvalue weighted by atomic mass is 9.80. The van der Waals surface area contributed by atoms with Crippen LogP contribution in [0, 0.1) is 11.6 Å². The Morgan fingerprint density at radius 3 is 2.11 bits per heavy atom. The minimum absolute atomic E-state index is 0.0390. The Hall–Kier alpha value is -5.72. The van der Waals surface area contributed by atoms with Gasteiger partial charge in [-0.05, 0) is 54.6 Å². The van der Waals surface area contributed by atoms with Crippen LogP contribution in [0.25, 0.3) is 11.1 Å². The summed E-state index contributed by atoms with van der Waals surface area (Å²) in [6, 6.07) is 12.7. The summed E-state index contributed by atoms with van der Waals surface area (Å²) in [5.74, 6) is -11.9. The second kappa shape index (κ2) is 17.4. The minimum atomic E-state index is -4.62. The van der Waals surface area contributed by atoms with Gasteiger partial charge in [-0.2, -0.15) is 13.2 Å². The molecule has 56 heavy (non-hydrogen) atoms. The highest BCUT2D eigenvalue weighted by Crippen LogP contribution is 2.38. The molecular formula is C38H33F5N2O10S. The van der Waals surface area contributed by atoms with Gasteiger partial charge in [-0.3, -0.25) is 19.2 Å². The van der Waals surface area contributed by atoms with Crippen molar-refractivity contribution < 1.29 is 70.0 Å². The summed E-state index contributed by atoms with van der Waals surface area (Å²) < 4.78 is 92.4. The number of thiophene rings is 1. The number of carbonyl (C=O) groups excluding carboxylic acids is 5. The Bertz CT molecular complexity index is 2080. The molecule has 12 nitrogen and oxygen atoms in total. The van der Waals surface area contributed by atoms with Gasteiger partial charge in [0.15, 0.2) is 17.7 Å². The van der Waals surface area contributed by atoms with Crippen molar-refractivity contribution in [1.29, 1.82) is 0 Å². The molecule has 0 radical (unpaired) electrons. The fraction of sp³-hybridized carbons (Fsp3) is 0.289. The molecule has 5 rings (SSSR count). The van der Waals surface area contributed by atoms with Gasteiger partial charge in [-0.25, -0.2) is 13.6 Å². The molecule has 1 atom stereocenters. The van der Waals surface area contributed by atoms with Gasteiger partial charge in [-0.1, -0.05) is 36.4 Å². The molecule has 1 fully saturated rings. The lowest BCUT2D eigenvalue weighted by molar-refractivity contribution is -0.177. The molecule has 296 valence electrons. The SMILES string of the molecule is CCOC(=O)C(C(=O)OCC)(c1cccs1)C(O)C(=O)Oc1c(F)cc(NC(=O)c2ccccc2-c2ccc(C(F)(F)F)cc2)c(C(=O)N2CCOCC2)c1F. The van der Waals surface area contributed by atoms with Gasteiger partial charge < -0.3 is 34.3 Å². The molecule has 1 aliphatic rings. The van der Waals surface area contributed by atoms with Gasteiger partial charge in [0.2, 0.25) is 11.2 Å². The number of morpholine rings is 1. The zero-order chi connectivity index (χ0) is 40.8. The van der Waals surface area contributed by atoms with Crippen LogP contribution in [0.4, 0.5) is 27.6 Å². The van der Waals surface area contributed by atoms with Gasteiger partial charge >= 0.3 is 24.1 Å². The molecule has 4 aromatic rings. The fourth-order valence-corrected chi connectivity index (χ4v) is 6.78. The average molecular weight is 805 g/mol. The van der Waals surface area contributed by atoms with Crippen LogP contribution in [-0.2, 0) is 40.2 Å². The molecule has 0 spiro atoms. The normalized spacial score (nSPS) is 13.8. The van der Waals surface area contributed by atoms with E-state index >= 15 is 8.78 Å². The predicted molar refractivity (Wildman–Crippen MR) is 189 cm³/mol. The zero-order valence-corrected chi connectivity index (χ0v) is 30.4. The maximum Gasteiger partial charge on any atom is 0.416 e. The summed E-state index contributed by atoms with van der Waals surface area (Å²) in [7, 11) is 0. The highest BCUT2D eigenvalue weighted by molar-refractivity contribution is 7.10. The maximum absolute atomic E-state index is 16.6. The molecule has 1 aliphatic heterocycles. The number of carbonyl (C=O) groups is 5. The molecule has 1 unspecified atom stereocenters. The van der Waals surface area contributed by atoms with Crippen LogP contribution >= 0.6 is 11.3 Å². The average Bonchev–Trinajstić information content (AvgIpc) is 3.72. The van der Waals surface area contributed by atoms with Crippen LogP contribution < -0.4 is 10.1 Å². The number of aliphatic hydroxyl groups is 1. The summed E-state index contributed by atoms with van der Waals surface area (Å²) >= 11 is 0.762. The van der Waals surface area contributed by atoms with Crippen LogP contribution in [0.5, 0.6) is 5.75 Å². The first-order chi connectivity index (χ1) is 26.7. The first kappa shape index (κ1) is 41.4. The molecular weight excluding hydrogens is 771 g/mol. The van der Waals surface area contributed by atoms with Gasteiger partial charge in [0.1, 0.15) is 5.56 Å². The van der Waals surface area contributed by atoms with Crippen molar-refractivity contribution in [3.63, 3.8) is 0 Å². The van der Waals surface area contributed by atoms with Crippen LogP contribution in [0.1, 0.15) is 45.0 Å². The number of halogens is 5. The van der Waals surface area contributed by atoms with Gasteiger partial charge in [0, 0.05) is 29.6 Å². The number of hydrogen-bond donors (Lipinski definition) is 2. The van der Waals surface area contributed by atoms with E-state index in [2.05, 4.69) is 5.32 Å².